The Bertz CT molecular complexity index is 1000. The fourth-order valence-corrected chi connectivity index (χ4v) is 3.95. The molecule has 1 aliphatic rings. The lowest BCUT2D eigenvalue weighted by Crippen LogP contribution is -2.37. The number of rotatable bonds is 8. The molecule has 10 heteroatoms. The zero-order chi connectivity index (χ0) is 20.6. The molecule has 28 heavy (non-hydrogen) atoms. The number of nitrogen functional groups attached to an aromatic ring is 1. The molecule has 3 rings (SSSR count). The van der Waals surface area contributed by atoms with Gasteiger partial charge < -0.3 is 10.3 Å². The normalized spacial score (nSPS) is 14.2. The van der Waals surface area contributed by atoms with Gasteiger partial charge in [0.15, 0.2) is 10.9 Å². The number of aromatic nitrogens is 5. The van der Waals surface area contributed by atoms with E-state index in [2.05, 4.69) is 33.6 Å². The van der Waals surface area contributed by atoms with Crippen molar-refractivity contribution in [2.75, 3.05) is 11.5 Å². The number of H-pyrrole nitrogens is 1. The van der Waals surface area contributed by atoms with Crippen LogP contribution in [0.1, 0.15) is 68.7 Å². The van der Waals surface area contributed by atoms with E-state index in [1.54, 1.807) is 0 Å². The molecule has 0 unspecified atom stereocenters. The number of thioether (sulfide) groups is 1. The van der Waals surface area contributed by atoms with Gasteiger partial charge in [-0.25, -0.2) is 4.79 Å². The Kier molecular flexibility index (Phi) is 5.78. The van der Waals surface area contributed by atoms with Crippen molar-refractivity contribution < 1.29 is 4.79 Å². The Balaban J connectivity index is 1.85. The number of nitrogens with zero attached hydrogens (tertiary/aromatic N) is 4. The number of aromatic amines is 1. The highest BCUT2D eigenvalue weighted by Gasteiger charge is 2.31. The van der Waals surface area contributed by atoms with Crippen LogP contribution in [0.2, 0.25) is 0 Å². The van der Waals surface area contributed by atoms with Gasteiger partial charge in [-0.3, -0.25) is 19.1 Å². The number of carbonyl (C=O) groups excluding carboxylic acids is 1. The van der Waals surface area contributed by atoms with E-state index < -0.39 is 17.0 Å². The highest BCUT2D eigenvalue weighted by molar-refractivity contribution is 7.99. The molecule has 1 fully saturated rings. The maximum absolute atomic E-state index is 12.8. The topological polar surface area (TPSA) is 129 Å². The fourth-order valence-electron chi connectivity index (χ4n) is 3.06. The molecule has 1 saturated carbocycles. The van der Waals surface area contributed by atoms with Gasteiger partial charge in [0.2, 0.25) is 0 Å². The molecule has 2 heterocycles. The van der Waals surface area contributed by atoms with Crippen LogP contribution in [0.5, 0.6) is 0 Å². The summed E-state index contributed by atoms with van der Waals surface area (Å²) in [6, 6.07) is 0.381. The summed E-state index contributed by atoms with van der Waals surface area (Å²) in [7, 11) is 0. The van der Waals surface area contributed by atoms with Crippen LogP contribution in [0.25, 0.3) is 0 Å². The third kappa shape index (κ3) is 4.06. The van der Waals surface area contributed by atoms with Crippen LogP contribution >= 0.6 is 11.8 Å². The van der Waals surface area contributed by atoms with E-state index >= 15 is 0 Å². The van der Waals surface area contributed by atoms with Crippen LogP contribution in [0.3, 0.4) is 0 Å². The van der Waals surface area contributed by atoms with Gasteiger partial charge in [-0.2, -0.15) is 0 Å². The average molecular weight is 407 g/mol. The van der Waals surface area contributed by atoms with Crippen LogP contribution in [-0.2, 0) is 6.54 Å². The first kappa shape index (κ1) is 20.4. The molecule has 1 aliphatic carbocycles. The first-order valence-corrected chi connectivity index (χ1v) is 10.4. The molecule has 0 amide bonds. The quantitative estimate of drug-likeness (QED) is 0.505. The monoisotopic (exact) mass is 406 g/mol. The Hall–Kier alpha value is -2.36. The van der Waals surface area contributed by atoms with Gasteiger partial charge in [0.1, 0.15) is 17.2 Å². The van der Waals surface area contributed by atoms with E-state index in [1.165, 1.54) is 16.3 Å². The van der Waals surface area contributed by atoms with Crippen molar-refractivity contribution >= 4 is 23.4 Å². The molecule has 3 N–H and O–H groups in total. The molecule has 0 bridgehead atoms. The van der Waals surface area contributed by atoms with Gasteiger partial charge in [0.25, 0.3) is 5.56 Å². The van der Waals surface area contributed by atoms with Crippen molar-refractivity contribution in [2.45, 2.75) is 64.2 Å². The lowest BCUT2D eigenvalue weighted by Gasteiger charge is -2.14. The highest BCUT2D eigenvalue weighted by Crippen LogP contribution is 2.40. The number of hydrogen-bond acceptors (Lipinski definition) is 7. The van der Waals surface area contributed by atoms with Crippen molar-refractivity contribution in [2.24, 2.45) is 5.92 Å². The summed E-state index contributed by atoms with van der Waals surface area (Å²) in [6.45, 7) is 8.28. The summed E-state index contributed by atoms with van der Waals surface area (Å²) in [4.78, 5) is 39.2. The second-order valence-electron chi connectivity index (χ2n) is 7.83. The Morgan fingerprint density at radius 3 is 2.50 bits per heavy atom. The highest BCUT2D eigenvalue weighted by atomic mass is 32.2. The Labute approximate surface area is 166 Å². The number of nitrogens with two attached hydrogens (primary N) is 1. The van der Waals surface area contributed by atoms with Crippen molar-refractivity contribution in [1.82, 2.24) is 24.3 Å². The molecule has 0 aromatic carbocycles. The number of ketones is 1. The predicted molar refractivity (Wildman–Crippen MR) is 108 cm³/mol. The van der Waals surface area contributed by atoms with Gasteiger partial charge in [-0.05, 0) is 18.8 Å². The number of Topliss-reactive ketones (excluding diaryl/α,β-unsaturated/α-hetero) is 1. The lowest BCUT2D eigenvalue weighted by atomic mass is 10.2. The summed E-state index contributed by atoms with van der Waals surface area (Å²) >= 11 is 1.24. The second kappa shape index (κ2) is 7.94. The minimum absolute atomic E-state index is 0.00386. The van der Waals surface area contributed by atoms with Crippen LogP contribution in [0.4, 0.5) is 5.82 Å². The molecular weight excluding hydrogens is 380 g/mol. The first-order chi connectivity index (χ1) is 13.2. The number of nitrogens with one attached hydrogen (secondary N) is 1. The van der Waals surface area contributed by atoms with E-state index in [0.29, 0.717) is 17.7 Å². The van der Waals surface area contributed by atoms with Crippen LogP contribution in [-0.4, -0.2) is 35.9 Å². The summed E-state index contributed by atoms with van der Waals surface area (Å²) in [5.41, 5.74) is 4.49. The average Bonchev–Trinajstić information content (AvgIpc) is 3.35. The molecule has 9 nitrogen and oxygen atoms in total. The molecule has 0 radical (unpaired) electrons. The number of carbonyl (C=O) groups is 1. The molecule has 0 aliphatic heterocycles. The Morgan fingerprint density at radius 2 is 1.93 bits per heavy atom. The Morgan fingerprint density at radius 1 is 1.25 bits per heavy atom. The molecule has 2 aromatic heterocycles. The van der Waals surface area contributed by atoms with Crippen LogP contribution < -0.4 is 17.0 Å². The fraction of sp³-hybridized carbons (Fsp3) is 0.611. The van der Waals surface area contributed by atoms with Crippen LogP contribution in [0, 0.1) is 5.92 Å². The first-order valence-electron chi connectivity index (χ1n) is 9.44. The van der Waals surface area contributed by atoms with Gasteiger partial charge in [-0.1, -0.05) is 39.5 Å². The van der Waals surface area contributed by atoms with Gasteiger partial charge in [-0.15, -0.1) is 10.2 Å². The number of hydrogen-bond donors (Lipinski definition) is 2. The summed E-state index contributed by atoms with van der Waals surface area (Å²) in [6.07, 6.45) is 2.15. The van der Waals surface area contributed by atoms with Gasteiger partial charge in [0, 0.05) is 18.5 Å². The molecular formula is C18H26N6O3S. The lowest BCUT2D eigenvalue weighted by molar-refractivity contribution is 0.102. The van der Waals surface area contributed by atoms with E-state index in [-0.39, 0.29) is 29.0 Å². The van der Waals surface area contributed by atoms with Gasteiger partial charge >= 0.3 is 5.69 Å². The largest absolute Gasteiger partial charge is 0.384 e. The zero-order valence-electron chi connectivity index (χ0n) is 16.6. The summed E-state index contributed by atoms with van der Waals surface area (Å²) < 4.78 is 3.34. The molecule has 0 atom stereocenters. The molecule has 0 spiro atoms. The summed E-state index contributed by atoms with van der Waals surface area (Å²) in [5, 5.41) is 9.17. The minimum atomic E-state index is -0.750. The molecule has 152 valence electrons. The van der Waals surface area contributed by atoms with E-state index in [4.69, 9.17) is 5.73 Å². The van der Waals surface area contributed by atoms with Gasteiger partial charge in [0.05, 0.1) is 5.75 Å². The maximum Gasteiger partial charge on any atom is 0.329 e. The zero-order valence-corrected chi connectivity index (χ0v) is 17.4. The minimum Gasteiger partial charge on any atom is -0.384 e. The molecule has 2 aromatic rings. The van der Waals surface area contributed by atoms with Crippen molar-refractivity contribution in [3.8, 4) is 0 Å². The van der Waals surface area contributed by atoms with Crippen molar-refractivity contribution in [3.05, 3.63) is 32.2 Å². The summed E-state index contributed by atoms with van der Waals surface area (Å²) in [5.74, 6) is 0.749. The third-order valence-electron chi connectivity index (χ3n) is 4.52. The SMILES string of the molecule is CC(C)Cn1c(N)c(C(=O)CSc2nnc(C(C)C)n2C2CC2)c(=O)[nH]c1=O. The van der Waals surface area contributed by atoms with Crippen molar-refractivity contribution in [3.63, 3.8) is 0 Å². The second-order valence-corrected chi connectivity index (χ2v) is 8.77. The third-order valence-corrected chi connectivity index (χ3v) is 5.46. The standard InChI is InChI=1S/C18H26N6O3S/c1-9(2)7-23-14(19)13(16(26)20-17(23)27)12(25)8-28-18-22-21-15(10(3)4)24(18)11-5-6-11/h9-11H,5-8,19H2,1-4H3,(H,20,26,27). The smallest absolute Gasteiger partial charge is 0.329 e. The van der Waals surface area contributed by atoms with E-state index in [1.807, 2.05) is 13.8 Å². The number of anilines is 1. The predicted octanol–water partition coefficient (Wildman–Crippen LogP) is 1.80. The molecule has 0 saturated heterocycles. The van der Waals surface area contributed by atoms with Crippen molar-refractivity contribution in [1.29, 1.82) is 0 Å². The van der Waals surface area contributed by atoms with E-state index in [9.17, 15) is 14.4 Å². The maximum atomic E-state index is 12.8. The van der Waals surface area contributed by atoms with Crippen LogP contribution in [0.15, 0.2) is 14.7 Å². The van der Waals surface area contributed by atoms with E-state index in [0.717, 1.165) is 18.7 Å².